The minimum atomic E-state index is -0.666. The molecular weight excluding hydrogens is 357 g/mol. The summed E-state index contributed by atoms with van der Waals surface area (Å²) in [5.74, 6) is -2.09. The summed E-state index contributed by atoms with van der Waals surface area (Å²) in [4.78, 5) is 44.0. The Hall–Kier alpha value is -2.70. The van der Waals surface area contributed by atoms with Crippen molar-refractivity contribution in [2.24, 2.45) is 0 Å². The zero-order valence-corrected chi connectivity index (χ0v) is 13.3. The Balaban J connectivity index is 0.000000141. The molecule has 1 N–H and O–H groups in total. The molecule has 0 saturated heterocycles. The van der Waals surface area contributed by atoms with Gasteiger partial charge in [-0.25, -0.2) is 9.59 Å². The van der Waals surface area contributed by atoms with Crippen LogP contribution in [0.2, 0.25) is 10.0 Å². The van der Waals surface area contributed by atoms with E-state index in [9.17, 15) is 19.2 Å². The number of carbonyl (C=O) groups is 4. The normalized spacial score (nSPS) is 14.4. The van der Waals surface area contributed by atoms with E-state index in [0.29, 0.717) is 10.6 Å². The van der Waals surface area contributed by atoms with Gasteiger partial charge in [-0.3, -0.25) is 14.9 Å². The van der Waals surface area contributed by atoms with Crippen LogP contribution in [0.15, 0.2) is 36.4 Å². The van der Waals surface area contributed by atoms with E-state index in [-0.39, 0.29) is 27.6 Å². The molecule has 0 aromatic heterocycles. The second-order valence-electron chi connectivity index (χ2n) is 4.79. The molecule has 0 radical (unpaired) electrons. The minimum absolute atomic E-state index is 0.171. The van der Waals surface area contributed by atoms with Crippen molar-refractivity contribution in [1.82, 2.24) is 5.32 Å². The fourth-order valence-electron chi connectivity index (χ4n) is 2.27. The van der Waals surface area contributed by atoms with Gasteiger partial charge in [0, 0.05) is 0 Å². The van der Waals surface area contributed by atoms with E-state index in [4.69, 9.17) is 23.2 Å². The molecule has 4 rings (SSSR count). The molecule has 120 valence electrons. The lowest BCUT2D eigenvalue weighted by atomic mass is 10.1. The maximum absolute atomic E-state index is 11.1. The largest absolute Gasteiger partial charge is 0.386 e. The minimum Gasteiger partial charge on any atom is -0.386 e. The predicted octanol–water partition coefficient (Wildman–Crippen LogP) is 2.87. The molecule has 6 nitrogen and oxygen atoms in total. The third-order valence-corrected chi connectivity index (χ3v) is 3.97. The molecule has 2 aromatic carbocycles. The number of hydrogen-bond donors (Lipinski definition) is 1. The Morgan fingerprint density at radius 1 is 0.708 bits per heavy atom. The van der Waals surface area contributed by atoms with Gasteiger partial charge < -0.3 is 4.74 Å². The van der Waals surface area contributed by atoms with Gasteiger partial charge in [-0.15, -0.1) is 0 Å². The first-order chi connectivity index (χ1) is 11.4. The summed E-state index contributed by atoms with van der Waals surface area (Å²) in [7, 11) is 0. The number of hydrogen-bond acceptors (Lipinski definition) is 5. The summed E-state index contributed by atoms with van der Waals surface area (Å²) in [5.41, 5.74) is 1.05. The molecule has 0 fully saturated rings. The number of amides is 2. The first-order valence-corrected chi connectivity index (χ1v) is 7.35. The standard InChI is InChI=1S/C8H4ClNO2.C8H3ClO3/c9-5-3-1-2-4-6(5)8(12)10-7(4)11;9-5-3-1-2-4-6(5)8(11)12-7(4)10/h1-3H,(H,10,11,12);1-3H. The topological polar surface area (TPSA) is 89.5 Å². The summed E-state index contributed by atoms with van der Waals surface area (Å²) >= 11 is 11.4. The van der Waals surface area contributed by atoms with Crippen LogP contribution < -0.4 is 5.32 Å². The molecule has 0 aliphatic carbocycles. The van der Waals surface area contributed by atoms with Crippen LogP contribution in [0.1, 0.15) is 41.4 Å². The Morgan fingerprint density at radius 2 is 1.29 bits per heavy atom. The molecule has 0 atom stereocenters. The molecule has 0 bridgehead atoms. The first-order valence-electron chi connectivity index (χ1n) is 6.59. The van der Waals surface area contributed by atoms with E-state index >= 15 is 0 Å². The maximum atomic E-state index is 11.1. The van der Waals surface area contributed by atoms with Crippen LogP contribution in [0.25, 0.3) is 0 Å². The van der Waals surface area contributed by atoms with Gasteiger partial charge in [0.05, 0.1) is 32.3 Å². The monoisotopic (exact) mass is 363 g/mol. The van der Waals surface area contributed by atoms with Crippen LogP contribution in [-0.4, -0.2) is 23.8 Å². The van der Waals surface area contributed by atoms with E-state index in [2.05, 4.69) is 10.1 Å². The van der Waals surface area contributed by atoms with Crippen molar-refractivity contribution in [1.29, 1.82) is 0 Å². The highest BCUT2D eigenvalue weighted by Gasteiger charge is 2.31. The quantitative estimate of drug-likeness (QED) is 0.441. The number of ether oxygens (including phenoxy) is 1. The SMILES string of the molecule is O=C1NC(=O)c2c(Cl)cccc21.O=C1OC(=O)c2c(Cl)cccc21. The number of halogens is 2. The lowest BCUT2D eigenvalue weighted by Gasteiger charge is -1.94. The van der Waals surface area contributed by atoms with Crippen LogP contribution in [0, 0.1) is 0 Å². The fourth-order valence-corrected chi connectivity index (χ4v) is 2.78. The lowest BCUT2D eigenvalue weighted by molar-refractivity contribution is 0.0443. The van der Waals surface area contributed by atoms with Crippen LogP contribution in [0.4, 0.5) is 0 Å². The predicted molar refractivity (Wildman–Crippen MR) is 84.4 cm³/mol. The number of imide groups is 1. The molecule has 2 aromatic rings. The van der Waals surface area contributed by atoms with Crippen molar-refractivity contribution in [3.63, 3.8) is 0 Å². The highest BCUT2D eigenvalue weighted by atomic mass is 35.5. The van der Waals surface area contributed by atoms with Gasteiger partial charge in [0.1, 0.15) is 0 Å². The molecule has 0 spiro atoms. The molecule has 2 amide bonds. The van der Waals surface area contributed by atoms with Gasteiger partial charge in [0.25, 0.3) is 11.8 Å². The molecular formula is C16H7Cl2NO5. The van der Waals surface area contributed by atoms with Crippen LogP contribution in [0.3, 0.4) is 0 Å². The number of rotatable bonds is 0. The molecule has 0 saturated carbocycles. The van der Waals surface area contributed by atoms with Crippen molar-refractivity contribution in [2.45, 2.75) is 0 Å². The van der Waals surface area contributed by atoms with Crippen molar-refractivity contribution < 1.29 is 23.9 Å². The fraction of sp³-hybridized carbons (Fsp3) is 0. The number of benzene rings is 2. The van der Waals surface area contributed by atoms with Crippen LogP contribution in [0.5, 0.6) is 0 Å². The van der Waals surface area contributed by atoms with Gasteiger partial charge in [0.2, 0.25) is 0 Å². The van der Waals surface area contributed by atoms with E-state index in [1.807, 2.05) is 0 Å². The van der Waals surface area contributed by atoms with Crippen LogP contribution in [-0.2, 0) is 4.74 Å². The van der Waals surface area contributed by atoms with E-state index in [1.54, 1.807) is 30.3 Å². The number of cyclic esters (lactones) is 2. The summed E-state index contributed by atoms with van der Waals surface area (Å²) in [6.45, 7) is 0. The van der Waals surface area contributed by atoms with Crippen molar-refractivity contribution in [3.05, 3.63) is 68.7 Å². The molecule has 2 heterocycles. The Bertz CT molecular complexity index is 847. The van der Waals surface area contributed by atoms with E-state index < -0.39 is 17.8 Å². The number of nitrogens with one attached hydrogen (secondary N) is 1. The molecule has 2 aliphatic heterocycles. The summed E-state index contributed by atoms with van der Waals surface area (Å²) in [6.07, 6.45) is 0. The van der Waals surface area contributed by atoms with E-state index in [1.165, 1.54) is 6.07 Å². The zero-order chi connectivity index (χ0) is 17.4. The average Bonchev–Trinajstić information content (AvgIpc) is 2.99. The first kappa shape index (κ1) is 16.2. The zero-order valence-electron chi connectivity index (χ0n) is 11.8. The summed E-state index contributed by atoms with van der Waals surface area (Å²) in [6, 6.07) is 9.44. The van der Waals surface area contributed by atoms with Gasteiger partial charge in [-0.1, -0.05) is 35.3 Å². The second-order valence-corrected chi connectivity index (χ2v) is 5.60. The Morgan fingerprint density at radius 3 is 1.88 bits per heavy atom. The second kappa shape index (κ2) is 6.07. The average molecular weight is 364 g/mol. The lowest BCUT2D eigenvalue weighted by Crippen LogP contribution is -2.19. The third kappa shape index (κ3) is 2.66. The van der Waals surface area contributed by atoms with Gasteiger partial charge in [0.15, 0.2) is 0 Å². The molecule has 8 heteroatoms. The van der Waals surface area contributed by atoms with Gasteiger partial charge >= 0.3 is 11.9 Å². The number of esters is 2. The van der Waals surface area contributed by atoms with Gasteiger partial charge in [-0.2, -0.15) is 0 Å². The molecule has 2 aliphatic rings. The maximum Gasteiger partial charge on any atom is 0.348 e. The van der Waals surface area contributed by atoms with Crippen molar-refractivity contribution in [2.75, 3.05) is 0 Å². The highest BCUT2D eigenvalue weighted by Crippen LogP contribution is 2.26. The summed E-state index contributed by atoms with van der Waals surface area (Å²) in [5, 5.41) is 2.73. The van der Waals surface area contributed by atoms with Crippen LogP contribution >= 0.6 is 23.2 Å². The van der Waals surface area contributed by atoms with E-state index in [0.717, 1.165) is 0 Å². The molecule has 24 heavy (non-hydrogen) atoms. The Labute approximate surface area is 145 Å². The summed E-state index contributed by atoms with van der Waals surface area (Å²) < 4.78 is 4.35. The number of carbonyl (C=O) groups excluding carboxylic acids is 4. The third-order valence-electron chi connectivity index (χ3n) is 3.34. The molecule has 0 unspecified atom stereocenters. The smallest absolute Gasteiger partial charge is 0.348 e. The highest BCUT2D eigenvalue weighted by molar-refractivity contribution is 6.37. The Kier molecular flexibility index (Phi) is 4.09. The van der Waals surface area contributed by atoms with Crippen molar-refractivity contribution >= 4 is 47.0 Å². The number of fused-ring (bicyclic) bond motifs is 2. The van der Waals surface area contributed by atoms with Crippen molar-refractivity contribution in [3.8, 4) is 0 Å². The van der Waals surface area contributed by atoms with Gasteiger partial charge in [-0.05, 0) is 24.3 Å².